The van der Waals surface area contributed by atoms with Crippen molar-refractivity contribution in [3.05, 3.63) is 0 Å². The highest BCUT2D eigenvalue weighted by atomic mass is 16.7. The monoisotopic (exact) mass is 216 g/mol. The molecule has 2 aliphatic heterocycles. The molecule has 0 saturated carbocycles. The number of aliphatic hydroxyl groups is 1. The van der Waals surface area contributed by atoms with Crippen molar-refractivity contribution >= 4 is 0 Å². The SMILES string of the molecule is OCCC1COC(CC2CCOCC2)O1. The fraction of sp³-hybridized carbons (Fsp3) is 1.00. The van der Waals surface area contributed by atoms with Gasteiger partial charge in [0.2, 0.25) is 0 Å². The number of hydrogen-bond acceptors (Lipinski definition) is 4. The van der Waals surface area contributed by atoms with Gasteiger partial charge in [0, 0.05) is 26.2 Å². The molecule has 2 atom stereocenters. The van der Waals surface area contributed by atoms with Crippen LogP contribution in [-0.2, 0) is 14.2 Å². The van der Waals surface area contributed by atoms with Crippen LogP contribution in [0.2, 0.25) is 0 Å². The predicted molar refractivity (Wildman–Crippen MR) is 54.5 cm³/mol. The van der Waals surface area contributed by atoms with Crippen molar-refractivity contribution in [2.45, 2.75) is 38.1 Å². The molecule has 0 aromatic carbocycles. The Bertz CT molecular complexity index is 179. The third kappa shape index (κ3) is 3.41. The molecule has 2 aliphatic rings. The van der Waals surface area contributed by atoms with E-state index in [1.807, 2.05) is 0 Å². The fourth-order valence-electron chi connectivity index (χ4n) is 2.18. The summed E-state index contributed by atoms with van der Waals surface area (Å²) in [4.78, 5) is 0. The van der Waals surface area contributed by atoms with Crippen molar-refractivity contribution in [2.24, 2.45) is 5.92 Å². The zero-order valence-electron chi connectivity index (χ0n) is 9.06. The summed E-state index contributed by atoms with van der Waals surface area (Å²) in [6, 6.07) is 0. The third-order valence-electron chi connectivity index (χ3n) is 3.13. The van der Waals surface area contributed by atoms with Crippen LogP contribution in [0.5, 0.6) is 0 Å². The maximum atomic E-state index is 8.78. The van der Waals surface area contributed by atoms with Gasteiger partial charge in [0.25, 0.3) is 0 Å². The first-order valence-electron chi connectivity index (χ1n) is 5.84. The van der Waals surface area contributed by atoms with Crippen molar-refractivity contribution in [1.29, 1.82) is 0 Å². The predicted octanol–water partition coefficient (Wildman–Crippen LogP) is 0.927. The topological polar surface area (TPSA) is 47.9 Å². The summed E-state index contributed by atoms with van der Waals surface area (Å²) in [6.45, 7) is 2.56. The van der Waals surface area contributed by atoms with Crippen LogP contribution in [0.15, 0.2) is 0 Å². The van der Waals surface area contributed by atoms with Gasteiger partial charge in [0.15, 0.2) is 6.29 Å². The van der Waals surface area contributed by atoms with Gasteiger partial charge >= 0.3 is 0 Å². The smallest absolute Gasteiger partial charge is 0.158 e. The maximum Gasteiger partial charge on any atom is 0.158 e. The van der Waals surface area contributed by atoms with E-state index < -0.39 is 0 Å². The Morgan fingerprint density at radius 3 is 2.73 bits per heavy atom. The highest BCUT2D eigenvalue weighted by molar-refractivity contribution is 4.70. The zero-order chi connectivity index (χ0) is 10.5. The molecule has 0 amide bonds. The summed E-state index contributed by atoms with van der Waals surface area (Å²) in [5.74, 6) is 0.677. The van der Waals surface area contributed by atoms with E-state index in [2.05, 4.69) is 0 Å². The first kappa shape index (κ1) is 11.3. The van der Waals surface area contributed by atoms with Gasteiger partial charge in [-0.15, -0.1) is 0 Å². The Hall–Kier alpha value is -0.160. The fourth-order valence-corrected chi connectivity index (χ4v) is 2.18. The Kier molecular flexibility index (Phi) is 4.38. The Morgan fingerprint density at radius 1 is 1.20 bits per heavy atom. The van der Waals surface area contributed by atoms with Gasteiger partial charge < -0.3 is 19.3 Å². The molecule has 0 aromatic rings. The molecule has 2 fully saturated rings. The normalized spacial score (nSPS) is 33.4. The minimum atomic E-state index is -0.0513. The molecular formula is C11H20O4. The lowest BCUT2D eigenvalue weighted by Gasteiger charge is -2.24. The number of rotatable bonds is 4. The molecule has 2 saturated heterocycles. The van der Waals surface area contributed by atoms with Crippen LogP contribution in [-0.4, -0.2) is 43.9 Å². The number of aliphatic hydroxyl groups excluding tert-OH is 1. The molecule has 15 heavy (non-hydrogen) atoms. The Balaban J connectivity index is 1.67. The lowest BCUT2D eigenvalue weighted by Crippen LogP contribution is -2.22. The summed E-state index contributed by atoms with van der Waals surface area (Å²) in [5, 5.41) is 8.78. The van der Waals surface area contributed by atoms with Crippen LogP contribution in [0, 0.1) is 5.92 Å². The first-order valence-corrected chi connectivity index (χ1v) is 5.84. The molecule has 4 nitrogen and oxygen atoms in total. The molecule has 4 heteroatoms. The summed E-state index contributed by atoms with van der Waals surface area (Å²) >= 11 is 0. The third-order valence-corrected chi connectivity index (χ3v) is 3.13. The van der Waals surface area contributed by atoms with E-state index in [-0.39, 0.29) is 19.0 Å². The second kappa shape index (κ2) is 5.80. The van der Waals surface area contributed by atoms with E-state index >= 15 is 0 Å². The van der Waals surface area contributed by atoms with Crippen LogP contribution in [0.25, 0.3) is 0 Å². The average Bonchev–Trinajstić information content (AvgIpc) is 2.68. The van der Waals surface area contributed by atoms with E-state index in [1.165, 1.54) is 0 Å². The molecule has 0 bridgehead atoms. The Labute approximate surface area is 90.5 Å². The van der Waals surface area contributed by atoms with Crippen LogP contribution in [0.3, 0.4) is 0 Å². The molecule has 1 N–H and O–H groups in total. The molecule has 2 rings (SSSR count). The standard InChI is InChI=1S/C11H20O4/c12-4-1-10-8-14-11(15-10)7-9-2-5-13-6-3-9/h9-12H,1-8H2. The molecule has 88 valence electrons. The van der Waals surface area contributed by atoms with Gasteiger partial charge in [-0.25, -0.2) is 0 Å². The minimum Gasteiger partial charge on any atom is -0.396 e. The molecule has 0 radical (unpaired) electrons. The minimum absolute atomic E-state index is 0.0513. The van der Waals surface area contributed by atoms with Crippen molar-refractivity contribution in [1.82, 2.24) is 0 Å². The maximum absolute atomic E-state index is 8.78. The lowest BCUT2D eigenvalue weighted by atomic mass is 9.96. The van der Waals surface area contributed by atoms with Gasteiger partial charge in [-0.1, -0.05) is 0 Å². The molecule has 2 heterocycles. The zero-order valence-corrected chi connectivity index (χ0v) is 9.06. The van der Waals surface area contributed by atoms with Crippen LogP contribution >= 0.6 is 0 Å². The first-order chi connectivity index (χ1) is 7.38. The molecule has 2 unspecified atom stereocenters. The number of hydrogen-bond donors (Lipinski definition) is 1. The van der Waals surface area contributed by atoms with E-state index in [4.69, 9.17) is 19.3 Å². The quantitative estimate of drug-likeness (QED) is 0.759. The molecule has 0 aromatic heterocycles. The molecule has 0 aliphatic carbocycles. The van der Waals surface area contributed by atoms with Crippen LogP contribution in [0.1, 0.15) is 25.7 Å². The largest absolute Gasteiger partial charge is 0.396 e. The van der Waals surface area contributed by atoms with Crippen molar-refractivity contribution in [3.8, 4) is 0 Å². The molecule has 0 spiro atoms. The molecular weight excluding hydrogens is 196 g/mol. The van der Waals surface area contributed by atoms with Gasteiger partial charge in [0.1, 0.15) is 0 Å². The van der Waals surface area contributed by atoms with Gasteiger partial charge in [-0.3, -0.25) is 0 Å². The van der Waals surface area contributed by atoms with E-state index in [1.54, 1.807) is 0 Å². The summed E-state index contributed by atoms with van der Waals surface area (Å²) < 4.78 is 16.5. The second-order valence-corrected chi connectivity index (χ2v) is 4.32. The van der Waals surface area contributed by atoms with Gasteiger partial charge in [-0.05, 0) is 25.2 Å². The highest BCUT2D eigenvalue weighted by Crippen LogP contribution is 2.25. The number of ether oxygens (including phenoxy) is 3. The summed E-state index contributed by atoms with van der Waals surface area (Å²) in [6.07, 6.45) is 3.95. The van der Waals surface area contributed by atoms with Crippen molar-refractivity contribution in [2.75, 3.05) is 26.4 Å². The van der Waals surface area contributed by atoms with Crippen LogP contribution < -0.4 is 0 Å². The second-order valence-electron chi connectivity index (χ2n) is 4.32. The van der Waals surface area contributed by atoms with E-state index in [9.17, 15) is 0 Å². The van der Waals surface area contributed by atoms with Crippen molar-refractivity contribution in [3.63, 3.8) is 0 Å². The summed E-state index contributed by atoms with van der Waals surface area (Å²) in [5.41, 5.74) is 0. The van der Waals surface area contributed by atoms with E-state index in [0.717, 1.165) is 32.5 Å². The Morgan fingerprint density at radius 2 is 2.00 bits per heavy atom. The average molecular weight is 216 g/mol. The van der Waals surface area contributed by atoms with E-state index in [0.29, 0.717) is 18.9 Å². The van der Waals surface area contributed by atoms with Gasteiger partial charge in [0.05, 0.1) is 12.7 Å². The lowest BCUT2D eigenvalue weighted by molar-refractivity contribution is -0.0819. The van der Waals surface area contributed by atoms with Gasteiger partial charge in [-0.2, -0.15) is 0 Å². The summed E-state index contributed by atoms with van der Waals surface area (Å²) in [7, 11) is 0. The van der Waals surface area contributed by atoms with Crippen LogP contribution in [0.4, 0.5) is 0 Å². The van der Waals surface area contributed by atoms with Crippen molar-refractivity contribution < 1.29 is 19.3 Å². The highest BCUT2D eigenvalue weighted by Gasteiger charge is 2.28.